The second kappa shape index (κ2) is 17.8. The number of hydrogen-bond donors (Lipinski definition) is 3. The third kappa shape index (κ3) is 12.5. The molecule has 1 aliphatic heterocycles. The third-order valence-corrected chi connectivity index (χ3v) is 8.31. The van der Waals surface area contributed by atoms with Gasteiger partial charge in [-0.2, -0.15) is 0 Å². The number of aryl methyl sites for hydroxylation is 1. The number of benzene rings is 1. The van der Waals surface area contributed by atoms with E-state index < -0.39 is 47.0 Å². The van der Waals surface area contributed by atoms with Crippen molar-refractivity contribution in [2.24, 2.45) is 5.41 Å². The first kappa shape index (κ1) is 39.0. The highest BCUT2D eigenvalue weighted by Crippen LogP contribution is 2.28. The number of esters is 1. The molecule has 266 valence electrons. The van der Waals surface area contributed by atoms with Crippen LogP contribution in [0.15, 0.2) is 29.8 Å². The Balaban J connectivity index is 1.44. The molecule has 48 heavy (non-hydrogen) atoms. The van der Waals surface area contributed by atoms with Crippen molar-refractivity contribution >= 4 is 35.0 Å². The van der Waals surface area contributed by atoms with E-state index in [1.807, 2.05) is 52.0 Å². The van der Waals surface area contributed by atoms with Gasteiger partial charge >= 0.3 is 5.97 Å². The largest absolute Gasteiger partial charge is 0.458 e. The number of ether oxygens (including phenoxy) is 4. The Hall–Kier alpha value is -3.43. The number of thiazole rings is 1. The van der Waals surface area contributed by atoms with Gasteiger partial charge in [-0.15, -0.1) is 11.3 Å². The van der Waals surface area contributed by atoms with Crippen LogP contribution < -0.4 is 10.6 Å². The monoisotopic (exact) mass is 690 g/mol. The van der Waals surface area contributed by atoms with Crippen LogP contribution in [0.2, 0.25) is 0 Å². The van der Waals surface area contributed by atoms with Crippen LogP contribution in [0.5, 0.6) is 0 Å². The van der Waals surface area contributed by atoms with E-state index in [2.05, 4.69) is 15.6 Å². The standard InChI is InChI=1S/C34H50N4O9S/c1-22-29(48-21-36-22)24-10-8-23(9-11-24)17-35-31(42)26-16-25(39)18-38(26)32(43)30(33(2,3)4)37-27(40)19-45-14-12-44-13-15-46-20-28(41)47-34(5,6)7/h8-11,21,25-26,30,39H,12-20H2,1-7H3,(H,35,42)(H,37,40)/t25-,26+,30?/m1/s1. The Morgan fingerprint density at radius 1 is 0.979 bits per heavy atom. The van der Waals surface area contributed by atoms with Crippen molar-refractivity contribution in [1.29, 1.82) is 0 Å². The van der Waals surface area contributed by atoms with Crippen LogP contribution in [-0.2, 0) is 44.7 Å². The van der Waals surface area contributed by atoms with Crippen molar-refractivity contribution < 1.29 is 43.2 Å². The lowest BCUT2D eigenvalue weighted by Gasteiger charge is -2.35. The molecule has 1 unspecified atom stereocenters. The SMILES string of the molecule is Cc1ncsc1-c1ccc(CNC(=O)[C@@H]2C[C@@H](O)CN2C(=O)C(NC(=O)COCCOCCOCC(=O)OC(C)(C)C)C(C)(C)C)cc1. The highest BCUT2D eigenvalue weighted by molar-refractivity contribution is 7.13. The van der Waals surface area contributed by atoms with E-state index in [4.69, 9.17) is 18.9 Å². The van der Waals surface area contributed by atoms with Gasteiger partial charge in [-0.25, -0.2) is 9.78 Å². The Labute approximate surface area is 286 Å². The van der Waals surface area contributed by atoms with E-state index in [1.165, 1.54) is 4.90 Å². The van der Waals surface area contributed by atoms with E-state index in [0.29, 0.717) is 0 Å². The summed E-state index contributed by atoms with van der Waals surface area (Å²) >= 11 is 1.57. The summed E-state index contributed by atoms with van der Waals surface area (Å²) in [7, 11) is 0. The van der Waals surface area contributed by atoms with Gasteiger partial charge in [0, 0.05) is 19.5 Å². The molecule has 2 heterocycles. The average Bonchev–Trinajstić information content (AvgIpc) is 3.61. The van der Waals surface area contributed by atoms with E-state index in [9.17, 15) is 24.3 Å². The summed E-state index contributed by atoms with van der Waals surface area (Å²) in [5.74, 6) is -1.78. The number of likely N-dealkylation sites (tertiary alicyclic amines) is 1. The van der Waals surface area contributed by atoms with E-state index >= 15 is 0 Å². The first-order valence-electron chi connectivity index (χ1n) is 16.0. The van der Waals surface area contributed by atoms with E-state index in [1.54, 1.807) is 37.6 Å². The molecule has 1 saturated heterocycles. The number of aliphatic hydroxyl groups is 1. The molecule has 0 aliphatic carbocycles. The molecular formula is C34H50N4O9S. The molecule has 2 aromatic rings. The minimum absolute atomic E-state index is 0.0163. The fraction of sp³-hybridized carbons (Fsp3) is 0.618. The number of aliphatic hydroxyl groups excluding tert-OH is 1. The summed E-state index contributed by atoms with van der Waals surface area (Å²) in [5.41, 5.74) is 3.44. The maximum atomic E-state index is 13.8. The maximum absolute atomic E-state index is 13.8. The lowest BCUT2D eigenvalue weighted by Crippen LogP contribution is -2.58. The Morgan fingerprint density at radius 3 is 2.19 bits per heavy atom. The fourth-order valence-electron chi connectivity index (χ4n) is 5.01. The lowest BCUT2D eigenvalue weighted by atomic mass is 9.85. The molecule has 1 aromatic heterocycles. The zero-order valence-electron chi connectivity index (χ0n) is 29.0. The molecule has 0 saturated carbocycles. The van der Waals surface area contributed by atoms with Crippen LogP contribution in [0.25, 0.3) is 10.4 Å². The number of rotatable bonds is 16. The van der Waals surface area contributed by atoms with Crippen LogP contribution in [0.3, 0.4) is 0 Å². The molecule has 0 radical (unpaired) electrons. The van der Waals surface area contributed by atoms with Gasteiger partial charge in [-0.1, -0.05) is 45.0 Å². The van der Waals surface area contributed by atoms with E-state index in [-0.39, 0.29) is 65.1 Å². The predicted octanol–water partition coefficient (Wildman–Crippen LogP) is 2.62. The molecular weight excluding hydrogens is 640 g/mol. The molecule has 1 fully saturated rings. The number of amides is 3. The number of carbonyl (C=O) groups excluding carboxylic acids is 4. The average molecular weight is 691 g/mol. The number of aromatic nitrogens is 1. The van der Waals surface area contributed by atoms with Crippen molar-refractivity contribution in [3.05, 3.63) is 41.0 Å². The van der Waals surface area contributed by atoms with Gasteiger partial charge in [0.1, 0.15) is 30.9 Å². The summed E-state index contributed by atoms with van der Waals surface area (Å²) in [4.78, 5) is 58.2. The molecule has 14 heteroatoms. The summed E-state index contributed by atoms with van der Waals surface area (Å²) in [6.07, 6.45) is -0.768. The highest BCUT2D eigenvalue weighted by Gasteiger charge is 2.44. The van der Waals surface area contributed by atoms with Crippen LogP contribution >= 0.6 is 11.3 Å². The topological polar surface area (TPSA) is 166 Å². The molecule has 13 nitrogen and oxygen atoms in total. The predicted molar refractivity (Wildman–Crippen MR) is 180 cm³/mol. The summed E-state index contributed by atoms with van der Waals surface area (Å²) in [5, 5.41) is 16.1. The van der Waals surface area contributed by atoms with Crippen LogP contribution in [0.4, 0.5) is 0 Å². The van der Waals surface area contributed by atoms with Gasteiger partial charge in [0.15, 0.2) is 0 Å². The van der Waals surface area contributed by atoms with Crippen molar-refractivity contribution in [1.82, 2.24) is 20.5 Å². The van der Waals surface area contributed by atoms with Gasteiger partial charge in [0.25, 0.3) is 0 Å². The first-order valence-corrected chi connectivity index (χ1v) is 16.9. The first-order chi connectivity index (χ1) is 22.5. The molecule has 3 rings (SSSR count). The summed E-state index contributed by atoms with van der Waals surface area (Å²) < 4.78 is 21.2. The Morgan fingerprint density at radius 2 is 1.60 bits per heavy atom. The molecule has 1 aromatic carbocycles. The Kier molecular flexibility index (Phi) is 14.5. The number of nitrogens with zero attached hydrogens (tertiary/aromatic N) is 2. The summed E-state index contributed by atoms with van der Waals surface area (Å²) in [6, 6.07) is 5.99. The smallest absolute Gasteiger partial charge is 0.332 e. The quantitative estimate of drug-likeness (QED) is 0.176. The summed E-state index contributed by atoms with van der Waals surface area (Å²) in [6.45, 7) is 13.3. The maximum Gasteiger partial charge on any atom is 0.332 e. The Bertz CT molecular complexity index is 1370. The second-order valence-corrected chi connectivity index (χ2v) is 14.6. The number of nitrogens with one attached hydrogen (secondary N) is 2. The molecule has 3 N–H and O–H groups in total. The van der Waals surface area contributed by atoms with E-state index in [0.717, 1.165) is 21.7 Å². The molecule has 0 bridgehead atoms. The minimum atomic E-state index is -0.963. The highest BCUT2D eigenvalue weighted by atomic mass is 32.1. The van der Waals surface area contributed by atoms with Gasteiger partial charge in [0.05, 0.1) is 48.6 Å². The number of hydrogen-bond acceptors (Lipinski definition) is 11. The van der Waals surface area contributed by atoms with Crippen LogP contribution in [-0.4, -0.2) is 109 Å². The lowest BCUT2D eigenvalue weighted by molar-refractivity contribution is -0.160. The molecule has 1 aliphatic rings. The van der Waals surface area contributed by atoms with Crippen molar-refractivity contribution in [3.8, 4) is 10.4 Å². The molecule has 3 atom stereocenters. The van der Waals surface area contributed by atoms with Gasteiger partial charge in [-0.3, -0.25) is 14.4 Å². The van der Waals surface area contributed by atoms with Gasteiger partial charge in [-0.05, 0) is 44.2 Å². The molecule has 0 spiro atoms. The van der Waals surface area contributed by atoms with Crippen LogP contribution in [0.1, 0.15) is 59.2 Å². The van der Waals surface area contributed by atoms with Crippen molar-refractivity contribution in [2.45, 2.75) is 85.2 Å². The number of β-amino-alcohol motifs (C(OH)–C–C–N with tert-alkyl or cyclic N) is 1. The minimum Gasteiger partial charge on any atom is -0.458 e. The molecule has 3 amide bonds. The van der Waals surface area contributed by atoms with Crippen molar-refractivity contribution in [3.63, 3.8) is 0 Å². The van der Waals surface area contributed by atoms with Gasteiger partial charge < -0.3 is 39.6 Å². The zero-order valence-corrected chi connectivity index (χ0v) is 29.8. The van der Waals surface area contributed by atoms with Crippen LogP contribution in [0, 0.1) is 12.3 Å². The second-order valence-electron chi connectivity index (χ2n) is 13.7. The third-order valence-electron chi connectivity index (χ3n) is 7.33. The van der Waals surface area contributed by atoms with Crippen molar-refractivity contribution in [2.75, 3.05) is 46.2 Å². The fourth-order valence-corrected chi connectivity index (χ4v) is 5.82. The normalized spacial score (nSPS) is 17.2. The zero-order chi connectivity index (χ0) is 35.5. The van der Waals surface area contributed by atoms with Gasteiger partial charge in [0.2, 0.25) is 17.7 Å². The number of carbonyl (C=O) groups is 4.